The summed E-state index contributed by atoms with van der Waals surface area (Å²) in [6.45, 7) is 6.59. The predicted octanol–water partition coefficient (Wildman–Crippen LogP) is 1.78. The van der Waals surface area contributed by atoms with Gasteiger partial charge >= 0.3 is 0 Å². The number of rotatable bonds is 1. The van der Waals surface area contributed by atoms with E-state index in [1.165, 1.54) is 0 Å². The molecule has 1 aliphatic rings. The number of amides is 1. The van der Waals surface area contributed by atoms with Gasteiger partial charge in [0.15, 0.2) is 0 Å². The highest BCUT2D eigenvalue weighted by Crippen LogP contribution is 2.17. The molecule has 1 saturated heterocycles. The van der Waals surface area contributed by atoms with Gasteiger partial charge in [0, 0.05) is 13.0 Å². The Balaban J connectivity index is 2.57. The topological polar surface area (TPSA) is 20.3 Å². The molecule has 2 heteroatoms. The van der Waals surface area contributed by atoms with Gasteiger partial charge in [-0.1, -0.05) is 13.5 Å². The van der Waals surface area contributed by atoms with Crippen molar-refractivity contribution in [1.29, 1.82) is 0 Å². The highest BCUT2D eigenvalue weighted by molar-refractivity contribution is 5.77. The van der Waals surface area contributed by atoms with Gasteiger partial charge in [-0.2, -0.15) is 0 Å². The fourth-order valence-electron chi connectivity index (χ4n) is 1.45. The van der Waals surface area contributed by atoms with Crippen molar-refractivity contribution < 1.29 is 4.79 Å². The third-order valence-corrected chi connectivity index (χ3v) is 2.16. The third kappa shape index (κ3) is 2.07. The molecule has 1 unspecified atom stereocenters. The van der Waals surface area contributed by atoms with Crippen LogP contribution >= 0.6 is 0 Å². The summed E-state index contributed by atoms with van der Waals surface area (Å²) in [7, 11) is 0. The van der Waals surface area contributed by atoms with E-state index in [1.54, 1.807) is 11.1 Å². The number of nitrogens with zero attached hydrogens (tertiary/aromatic N) is 1. The standard InChI is InChI=1S/C9H15NO/c1-3-10-6-4-5-8(2)7-9(10)11/h3,8H,1,4-7H2,2H3. The molecule has 11 heavy (non-hydrogen) atoms. The van der Waals surface area contributed by atoms with E-state index in [-0.39, 0.29) is 5.91 Å². The molecular weight excluding hydrogens is 138 g/mol. The first-order valence-electron chi connectivity index (χ1n) is 4.16. The van der Waals surface area contributed by atoms with Crippen molar-refractivity contribution in [2.75, 3.05) is 6.54 Å². The van der Waals surface area contributed by atoms with Crippen LogP contribution in [0, 0.1) is 5.92 Å². The molecule has 0 aromatic heterocycles. The van der Waals surface area contributed by atoms with Crippen LogP contribution in [-0.2, 0) is 4.79 Å². The summed E-state index contributed by atoms with van der Waals surface area (Å²) in [5.74, 6) is 0.775. The molecule has 2 nitrogen and oxygen atoms in total. The van der Waals surface area contributed by atoms with Crippen LogP contribution in [0.25, 0.3) is 0 Å². The molecule has 0 aromatic carbocycles. The zero-order valence-electron chi connectivity index (χ0n) is 7.05. The fraction of sp³-hybridized carbons (Fsp3) is 0.667. The summed E-state index contributed by atoms with van der Waals surface area (Å²) in [4.78, 5) is 13.0. The van der Waals surface area contributed by atoms with Crippen LogP contribution in [0.1, 0.15) is 26.2 Å². The first-order chi connectivity index (χ1) is 5.24. The van der Waals surface area contributed by atoms with Crippen molar-refractivity contribution in [3.63, 3.8) is 0 Å². The average molecular weight is 153 g/mol. The van der Waals surface area contributed by atoms with E-state index in [9.17, 15) is 4.79 Å². The second-order valence-electron chi connectivity index (χ2n) is 3.22. The molecule has 1 aliphatic heterocycles. The van der Waals surface area contributed by atoms with Crippen molar-refractivity contribution in [2.24, 2.45) is 5.92 Å². The summed E-state index contributed by atoms with van der Waals surface area (Å²) < 4.78 is 0. The van der Waals surface area contributed by atoms with Crippen LogP contribution in [0.3, 0.4) is 0 Å². The largest absolute Gasteiger partial charge is 0.320 e. The van der Waals surface area contributed by atoms with E-state index in [1.807, 2.05) is 0 Å². The molecule has 0 spiro atoms. The quantitative estimate of drug-likeness (QED) is 0.562. The fourth-order valence-corrected chi connectivity index (χ4v) is 1.45. The van der Waals surface area contributed by atoms with E-state index in [0.29, 0.717) is 12.3 Å². The minimum atomic E-state index is 0.227. The van der Waals surface area contributed by atoms with Gasteiger partial charge in [0.2, 0.25) is 5.91 Å². The summed E-state index contributed by atoms with van der Waals surface area (Å²) in [6, 6.07) is 0. The zero-order chi connectivity index (χ0) is 8.27. The minimum Gasteiger partial charge on any atom is -0.320 e. The smallest absolute Gasteiger partial charge is 0.226 e. The lowest BCUT2D eigenvalue weighted by Crippen LogP contribution is -2.24. The predicted molar refractivity (Wildman–Crippen MR) is 44.9 cm³/mol. The van der Waals surface area contributed by atoms with Crippen molar-refractivity contribution in [1.82, 2.24) is 4.90 Å². The molecule has 1 fully saturated rings. The summed E-state index contributed by atoms with van der Waals surface area (Å²) in [5.41, 5.74) is 0. The molecule has 62 valence electrons. The maximum atomic E-state index is 11.3. The van der Waals surface area contributed by atoms with Gasteiger partial charge in [-0.3, -0.25) is 4.79 Å². The highest BCUT2D eigenvalue weighted by atomic mass is 16.2. The number of carbonyl (C=O) groups excluding carboxylic acids is 1. The van der Waals surface area contributed by atoms with Gasteiger partial charge in [-0.15, -0.1) is 0 Å². The molecular formula is C9H15NO. The van der Waals surface area contributed by atoms with Gasteiger partial charge in [0.05, 0.1) is 0 Å². The lowest BCUT2D eigenvalue weighted by molar-refractivity contribution is -0.128. The zero-order valence-corrected chi connectivity index (χ0v) is 7.05. The first-order valence-corrected chi connectivity index (χ1v) is 4.16. The third-order valence-electron chi connectivity index (χ3n) is 2.16. The molecule has 1 atom stereocenters. The number of likely N-dealkylation sites (tertiary alicyclic amines) is 1. The van der Waals surface area contributed by atoms with E-state index >= 15 is 0 Å². The molecule has 1 amide bonds. The van der Waals surface area contributed by atoms with Crippen LogP contribution in [0.4, 0.5) is 0 Å². The van der Waals surface area contributed by atoms with E-state index < -0.39 is 0 Å². The lowest BCUT2D eigenvalue weighted by atomic mass is 10.0. The molecule has 0 bridgehead atoms. The van der Waals surface area contributed by atoms with Gasteiger partial charge in [0.25, 0.3) is 0 Å². The number of hydrogen-bond acceptors (Lipinski definition) is 1. The van der Waals surface area contributed by atoms with Gasteiger partial charge in [-0.25, -0.2) is 0 Å². The lowest BCUT2D eigenvalue weighted by Gasteiger charge is -2.13. The summed E-state index contributed by atoms with van der Waals surface area (Å²) in [6.07, 6.45) is 4.60. The summed E-state index contributed by atoms with van der Waals surface area (Å²) >= 11 is 0. The monoisotopic (exact) mass is 153 g/mol. The summed E-state index contributed by atoms with van der Waals surface area (Å²) in [5, 5.41) is 0. The molecule has 1 heterocycles. The number of carbonyl (C=O) groups is 1. The van der Waals surface area contributed by atoms with Gasteiger partial charge in [0.1, 0.15) is 0 Å². The Bertz CT molecular complexity index is 165. The normalized spacial score (nSPS) is 26.5. The van der Waals surface area contributed by atoms with Crippen LogP contribution < -0.4 is 0 Å². The van der Waals surface area contributed by atoms with E-state index in [4.69, 9.17) is 0 Å². The Morgan fingerprint density at radius 2 is 2.45 bits per heavy atom. The molecule has 0 saturated carbocycles. The second kappa shape index (κ2) is 3.56. The maximum absolute atomic E-state index is 11.3. The van der Waals surface area contributed by atoms with Crippen molar-refractivity contribution in [2.45, 2.75) is 26.2 Å². The average Bonchev–Trinajstić information content (AvgIpc) is 2.11. The minimum absolute atomic E-state index is 0.227. The van der Waals surface area contributed by atoms with Crippen molar-refractivity contribution in [3.8, 4) is 0 Å². The Kier molecular flexibility index (Phi) is 2.69. The maximum Gasteiger partial charge on any atom is 0.226 e. The Hall–Kier alpha value is -0.790. The Labute approximate surface area is 67.9 Å². The van der Waals surface area contributed by atoms with E-state index in [2.05, 4.69) is 13.5 Å². The molecule has 0 N–H and O–H groups in total. The molecule has 0 aromatic rings. The second-order valence-corrected chi connectivity index (χ2v) is 3.22. The van der Waals surface area contributed by atoms with Gasteiger partial charge in [-0.05, 0) is 25.0 Å². The Morgan fingerprint density at radius 3 is 3.09 bits per heavy atom. The highest BCUT2D eigenvalue weighted by Gasteiger charge is 2.18. The van der Waals surface area contributed by atoms with Crippen molar-refractivity contribution in [3.05, 3.63) is 12.8 Å². The first kappa shape index (κ1) is 8.31. The Morgan fingerprint density at radius 1 is 1.73 bits per heavy atom. The van der Waals surface area contributed by atoms with Crippen molar-refractivity contribution >= 4 is 5.91 Å². The SMILES string of the molecule is C=CN1CCCC(C)CC1=O. The molecule has 1 rings (SSSR count). The van der Waals surface area contributed by atoms with Crippen LogP contribution in [-0.4, -0.2) is 17.4 Å². The van der Waals surface area contributed by atoms with Crippen LogP contribution in [0.2, 0.25) is 0 Å². The van der Waals surface area contributed by atoms with Crippen LogP contribution in [0.5, 0.6) is 0 Å². The van der Waals surface area contributed by atoms with E-state index in [0.717, 1.165) is 19.4 Å². The molecule has 0 aliphatic carbocycles. The van der Waals surface area contributed by atoms with Gasteiger partial charge < -0.3 is 4.90 Å². The number of hydrogen-bond donors (Lipinski definition) is 0. The molecule has 0 radical (unpaired) electrons. The van der Waals surface area contributed by atoms with Crippen LogP contribution in [0.15, 0.2) is 12.8 Å².